The molecule has 0 fully saturated rings. The lowest BCUT2D eigenvalue weighted by Crippen LogP contribution is -2.09. The summed E-state index contributed by atoms with van der Waals surface area (Å²) in [6, 6.07) is 20.4. The average molecular weight is 306 g/mol. The molecule has 0 spiro atoms. The third-order valence-corrected chi connectivity index (χ3v) is 3.96. The Morgan fingerprint density at radius 3 is 2.57 bits per heavy atom. The van der Waals surface area contributed by atoms with Crippen LogP contribution in [0.1, 0.15) is 30.9 Å². The highest BCUT2D eigenvalue weighted by molar-refractivity contribution is 5.84. The first-order chi connectivity index (χ1) is 11.4. The number of ether oxygens (including phenoxy) is 1. The van der Waals surface area contributed by atoms with E-state index in [1.54, 1.807) is 6.20 Å². The second-order valence-electron chi connectivity index (χ2n) is 5.63. The molecule has 0 aliphatic carbocycles. The van der Waals surface area contributed by atoms with Crippen LogP contribution < -0.4 is 10.5 Å². The molecule has 3 heteroatoms. The number of pyridine rings is 1. The number of benzene rings is 2. The molecule has 0 bridgehead atoms. The Balaban J connectivity index is 1.87. The van der Waals surface area contributed by atoms with E-state index in [0.717, 1.165) is 42.5 Å². The highest BCUT2D eigenvalue weighted by atomic mass is 16.5. The fraction of sp³-hybridized carbons (Fsp3) is 0.250. The molecule has 0 amide bonds. The van der Waals surface area contributed by atoms with Gasteiger partial charge in [-0.1, -0.05) is 48.5 Å². The molecule has 0 saturated carbocycles. The van der Waals surface area contributed by atoms with E-state index in [0.29, 0.717) is 0 Å². The van der Waals surface area contributed by atoms with Gasteiger partial charge in [-0.25, -0.2) is 0 Å². The number of fused-ring (bicyclic) bond motifs is 1. The van der Waals surface area contributed by atoms with Crippen molar-refractivity contribution < 1.29 is 4.74 Å². The first-order valence-electron chi connectivity index (χ1n) is 8.14. The van der Waals surface area contributed by atoms with Crippen LogP contribution in [0.25, 0.3) is 10.9 Å². The molecular formula is C20H22N2O. The highest BCUT2D eigenvalue weighted by Crippen LogP contribution is 2.30. The predicted octanol–water partition coefficient (Wildman–Crippen LogP) is 4.48. The maximum absolute atomic E-state index is 6.36. The van der Waals surface area contributed by atoms with Gasteiger partial charge in [0.1, 0.15) is 17.4 Å². The summed E-state index contributed by atoms with van der Waals surface area (Å²) >= 11 is 0. The zero-order chi connectivity index (χ0) is 15.9. The van der Waals surface area contributed by atoms with Crippen LogP contribution in [0, 0.1) is 0 Å². The third kappa shape index (κ3) is 3.88. The van der Waals surface area contributed by atoms with E-state index in [4.69, 9.17) is 10.5 Å². The van der Waals surface area contributed by atoms with E-state index < -0.39 is 0 Å². The quantitative estimate of drug-likeness (QED) is 0.654. The summed E-state index contributed by atoms with van der Waals surface area (Å²) in [5.74, 6) is 0.838. The second kappa shape index (κ2) is 7.75. The van der Waals surface area contributed by atoms with Crippen molar-refractivity contribution in [2.24, 2.45) is 5.73 Å². The van der Waals surface area contributed by atoms with Crippen LogP contribution in [0.2, 0.25) is 0 Å². The van der Waals surface area contributed by atoms with Gasteiger partial charge in [-0.3, -0.25) is 4.98 Å². The third-order valence-electron chi connectivity index (χ3n) is 3.96. The molecule has 0 aliphatic heterocycles. The molecule has 2 aromatic carbocycles. The first-order valence-corrected chi connectivity index (χ1v) is 8.14. The lowest BCUT2D eigenvalue weighted by atomic mass is 10.0. The molecule has 3 aromatic rings. The van der Waals surface area contributed by atoms with Crippen molar-refractivity contribution in [2.75, 3.05) is 6.54 Å². The molecule has 3 nitrogen and oxygen atoms in total. The Bertz CT molecular complexity index is 737. The topological polar surface area (TPSA) is 48.1 Å². The van der Waals surface area contributed by atoms with Crippen molar-refractivity contribution in [1.82, 2.24) is 4.98 Å². The highest BCUT2D eigenvalue weighted by Gasteiger charge is 2.14. The number of nitrogens with zero attached hydrogens (tertiary/aromatic N) is 1. The van der Waals surface area contributed by atoms with Crippen LogP contribution in [-0.2, 0) is 0 Å². The molecule has 0 aliphatic rings. The van der Waals surface area contributed by atoms with Crippen molar-refractivity contribution >= 4 is 10.9 Å². The second-order valence-corrected chi connectivity index (χ2v) is 5.63. The van der Waals surface area contributed by atoms with Crippen LogP contribution in [0.4, 0.5) is 0 Å². The lowest BCUT2D eigenvalue weighted by Gasteiger charge is -2.20. The van der Waals surface area contributed by atoms with Crippen molar-refractivity contribution in [2.45, 2.75) is 25.4 Å². The van der Waals surface area contributed by atoms with Gasteiger partial charge in [0, 0.05) is 11.6 Å². The Morgan fingerprint density at radius 2 is 1.74 bits per heavy atom. The summed E-state index contributed by atoms with van der Waals surface area (Å²) in [7, 11) is 0. The monoisotopic (exact) mass is 306 g/mol. The number of hydrogen-bond acceptors (Lipinski definition) is 3. The zero-order valence-corrected chi connectivity index (χ0v) is 13.2. The molecule has 3 rings (SSSR count). The smallest absolute Gasteiger partial charge is 0.146 e. The molecule has 1 unspecified atom stereocenters. The van der Waals surface area contributed by atoms with E-state index in [1.165, 1.54) is 5.56 Å². The molecule has 1 heterocycles. The van der Waals surface area contributed by atoms with Crippen molar-refractivity contribution in [3.8, 4) is 5.75 Å². The normalized spacial score (nSPS) is 12.2. The van der Waals surface area contributed by atoms with E-state index in [2.05, 4.69) is 41.4 Å². The van der Waals surface area contributed by atoms with Gasteiger partial charge in [0.2, 0.25) is 0 Å². The van der Waals surface area contributed by atoms with Gasteiger partial charge in [-0.2, -0.15) is 0 Å². The average Bonchev–Trinajstić information content (AvgIpc) is 2.62. The minimum Gasteiger partial charge on any atom is -0.483 e. The van der Waals surface area contributed by atoms with Crippen molar-refractivity contribution in [3.05, 3.63) is 72.4 Å². The molecule has 2 N–H and O–H groups in total. The van der Waals surface area contributed by atoms with Gasteiger partial charge in [-0.05, 0) is 43.5 Å². The molecule has 23 heavy (non-hydrogen) atoms. The van der Waals surface area contributed by atoms with Gasteiger partial charge in [0.15, 0.2) is 0 Å². The standard InChI is InChI=1S/C20H22N2O/c21-14-5-4-12-18(16-8-2-1-3-9-16)23-19-13-6-10-17-11-7-15-22-20(17)19/h1-3,6-11,13,15,18H,4-5,12,14,21H2. The first kappa shape index (κ1) is 15.5. The Morgan fingerprint density at radius 1 is 0.913 bits per heavy atom. The summed E-state index contributed by atoms with van der Waals surface area (Å²) < 4.78 is 6.36. The van der Waals surface area contributed by atoms with Crippen LogP contribution in [0.15, 0.2) is 66.9 Å². The van der Waals surface area contributed by atoms with Gasteiger partial charge in [0.25, 0.3) is 0 Å². The fourth-order valence-corrected chi connectivity index (χ4v) is 2.76. The van der Waals surface area contributed by atoms with E-state index in [1.807, 2.05) is 24.3 Å². The number of aromatic nitrogens is 1. The largest absolute Gasteiger partial charge is 0.483 e. The Kier molecular flexibility index (Phi) is 5.22. The van der Waals surface area contributed by atoms with E-state index >= 15 is 0 Å². The fourth-order valence-electron chi connectivity index (χ4n) is 2.76. The molecular weight excluding hydrogens is 284 g/mol. The van der Waals surface area contributed by atoms with Crippen molar-refractivity contribution in [1.29, 1.82) is 0 Å². The number of nitrogens with two attached hydrogens (primary N) is 1. The van der Waals surface area contributed by atoms with Crippen LogP contribution in [0.5, 0.6) is 5.75 Å². The summed E-state index contributed by atoms with van der Waals surface area (Å²) in [5.41, 5.74) is 7.73. The van der Waals surface area contributed by atoms with Gasteiger partial charge in [0.05, 0.1) is 0 Å². The van der Waals surface area contributed by atoms with Crippen molar-refractivity contribution in [3.63, 3.8) is 0 Å². The Hall–Kier alpha value is -2.39. The van der Waals surface area contributed by atoms with E-state index in [-0.39, 0.29) is 6.10 Å². The molecule has 118 valence electrons. The minimum absolute atomic E-state index is 0.0235. The van der Waals surface area contributed by atoms with Gasteiger partial charge >= 0.3 is 0 Å². The van der Waals surface area contributed by atoms with Crippen LogP contribution >= 0.6 is 0 Å². The number of unbranched alkanes of at least 4 members (excludes halogenated alkanes) is 1. The molecule has 0 saturated heterocycles. The van der Waals surface area contributed by atoms with Gasteiger partial charge < -0.3 is 10.5 Å². The number of rotatable bonds is 7. The van der Waals surface area contributed by atoms with Gasteiger partial charge in [-0.15, -0.1) is 0 Å². The Labute approximate surface area is 137 Å². The molecule has 1 atom stereocenters. The zero-order valence-electron chi connectivity index (χ0n) is 13.2. The number of para-hydroxylation sites is 1. The van der Waals surface area contributed by atoms with E-state index in [9.17, 15) is 0 Å². The maximum atomic E-state index is 6.36. The predicted molar refractivity (Wildman–Crippen MR) is 94.5 cm³/mol. The summed E-state index contributed by atoms with van der Waals surface area (Å²) in [5, 5.41) is 1.10. The SMILES string of the molecule is NCCCCC(Oc1cccc2cccnc12)c1ccccc1. The maximum Gasteiger partial charge on any atom is 0.146 e. The molecule has 1 aromatic heterocycles. The summed E-state index contributed by atoms with van der Waals surface area (Å²) in [6.45, 7) is 0.720. The summed E-state index contributed by atoms with van der Waals surface area (Å²) in [6.07, 6.45) is 4.84. The van der Waals surface area contributed by atoms with Crippen LogP contribution in [-0.4, -0.2) is 11.5 Å². The van der Waals surface area contributed by atoms with Crippen LogP contribution in [0.3, 0.4) is 0 Å². The summed E-state index contributed by atoms with van der Waals surface area (Å²) in [4.78, 5) is 4.48. The lowest BCUT2D eigenvalue weighted by molar-refractivity contribution is 0.193. The number of hydrogen-bond donors (Lipinski definition) is 1. The minimum atomic E-state index is 0.0235. The molecule has 0 radical (unpaired) electrons.